The van der Waals surface area contributed by atoms with E-state index in [1.807, 2.05) is 0 Å². The van der Waals surface area contributed by atoms with Crippen molar-refractivity contribution in [3.8, 4) is 0 Å². The minimum atomic E-state index is -1.21. The Kier molecular flexibility index (Phi) is 4.41. The van der Waals surface area contributed by atoms with Gasteiger partial charge in [-0.1, -0.05) is 13.3 Å². The zero-order chi connectivity index (χ0) is 18.2. The summed E-state index contributed by atoms with van der Waals surface area (Å²) in [7, 11) is 1.62. The summed E-state index contributed by atoms with van der Waals surface area (Å²) in [6.45, 7) is 2.10. The van der Waals surface area contributed by atoms with Crippen LogP contribution in [0.15, 0.2) is 23.0 Å². The van der Waals surface area contributed by atoms with Gasteiger partial charge in [-0.25, -0.2) is 9.59 Å². The van der Waals surface area contributed by atoms with Crippen LogP contribution in [0.25, 0.3) is 11.0 Å². The molecule has 1 amide bonds. The van der Waals surface area contributed by atoms with Gasteiger partial charge < -0.3 is 15.4 Å². The van der Waals surface area contributed by atoms with E-state index in [0.717, 1.165) is 19.3 Å². The Bertz CT molecular complexity index is 872. The van der Waals surface area contributed by atoms with Crippen molar-refractivity contribution < 1.29 is 14.7 Å². The Balaban J connectivity index is 1.86. The van der Waals surface area contributed by atoms with Gasteiger partial charge in [0.2, 0.25) is 0 Å². The van der Waals surface area contributed by atoms with E-state index in [4.69, 9.17) is 0 Å². The average molecular weight is 345 g/mol. The van der Waals surface area contributed by atoms with Crippen LogP contribution in [0.4, 0.5) is 0 Å². The summed E-state index contributed by atoms with van der Waals surface area (Å²) in [6.07, 6.45) is 3.51. The summed E-state index contributed by atoms with van der Waals surface area (Å²) >= 11 is 0. The number of aromatic amines is 1. The molecule has 1 aromatic carbocycles. The first-order chi connectivity index (χ1) is 11.9. The van der Waals surface area contributed by atoms with E-state index in [1.165, 1.54) is 4.57 Å². The molecular formula is C18H23N3O4. The van der Waals surface area contributed by atoms with Crippen molar-refractivity contribution in [2.75, 3.05) is 0 Å². The smallest absolute Gasteiger partial charge is 0.329 e. The quantitative estimate of drug-likeness (QED) is 0.788. The van der Waals surface area contributed by atoms with Crippen molar-refractivity contribution in [3.63, 3.8) is 0 Å². The second kappa shape index (κ2) is 6.38. The van der Waals surface area contributed by atoms with Crippen LogP contribution in [0.5, 0.6) is 0 Å². The molecule has 0 unspecified atom stereocenters. The first kappa shape index (κ1) is 17.3. The van der Waals surface area contributed by atoms with Crippen LogP contribution in [0.2, 0.25) is 0 Å². The maximum absolute atomic E-state index is 12.7. The van der Waals surface area contributed by atoms with Crippen LogP contribution in [0.1, 0.15) is 49.4 Å². The third-order valence-corrected chi connectivity index (χ3v) is 5.47. The highest BCUT2D eigenvalue weighted by Crippen LogP contribution is 2.34. The number of aryl methyl sites for hydroxylation is 1. The zero-order valence-electron chi connectivity index (χ0n) is 14.5. The molecule has 134 valence electrons. The van der Waals surface area contributed by atoms with E-state index in [2.05, 4.69) is 17.2 Å². The minimum Gasteiger partial charge on any atom is -0.480 e. The highest BCUT2D eigenvalue weighted by Gasteiger charge is 2.43. The molecule has 3 rings (SSSR count). The molecule has 7 nitrogen and oxygen atoms in total. The lowest BCUT2D eigenvalue weighted by Crippen LogP contribution is -2.56. The molecule has 1 aliphatic carbocycles. The summed E-state index contributed by atoms with van der Waals surface area (Å²) < 4.78 is 1.42. The number of imidazole rings is 1. The average Bonchev–Trinajstić information content (AvgIpc) is 2.89. The highest BCUT2D eigenvalue weighted by molar-refractivity contribution is 6.00. The minimum absolute atomic E-state index is 0.257. The number of carboxylic acids is 1. The lowest BCUT2D eigenvalue weighted by molar-refractivity contribution is -0.146. The number of benzene rings is 1. The van der Waals surface area contributed by atoms with E-state index in [1.54, 1.807) is 25.2 Å². The summed E-state index contributed by atoms with van der Waals surface area (Å²) in [4.78, 5) is 38.9. The number of nitrogens with one attached hydrogen (secondary N) is 2. The lowest BCUT2D eigenvalue weighted by atomic mass is 9.75. The predicted octanol–water partition coefficient (Wildman–Crippen LogP) is 2.02. The Morgan fingerprint density at radius 3 is 2.64 bits per heavy atom. The number of hydrogen-bond acceptors (Lipinski definition) is 3. The van der Waals surface area contributed by atoms with Gasteiger partial charge in [0.15, 0.2) is 0 Å². The molecule has 0 aliphatic heterocycles. The number of nitrogens with zero attached hydrogens (tertiary/aromatic N) is 1. The standard InChI is InChI=1S/C18H23N3O4/c1-3-11-6-8-18(9-7-11,16(23)24)20-15(22)12-4-5-13-14(10-12)21(2)17(25)19-13/h4-5,10-11H,3,6-9H2,1-2H3,(H,19,25)(H,20,22)(H,23,24). The van der Waals surface area contributed by atoms with Gasteiger partial charge in [-0.15, -0.1) is 0 Å². The molecule has 1 aromatic heterocycles. The van der Waals surface area contributed by atoms with Crippen LogP contribution in [0.3, 0.4) is 0 Å². The van der Waals surface area contributed by atoms with Gasteiger partial charge in [0.25, 0.3) is 5.91 Å². The molecule has 0 radical (unpaired) electrons. The number of aliphatic carboxylic acids is 1. The van der Waals surface area contributed by atoms with Gasteiger partial charge in [-0.2, -0.15) is 0 Å². The lowest BCUT2D eigenvalue weighted by Gasteiger charge is -2.37. The predicted molar refractivity (Wildman–Crippen MR) is 93.6 cm³/mol. The molecule has 0 bridgehead atoms. The van der Waals surface area contributed by atoms with Gasteiger partial charge in [0.05, 0.1) is 11.0 Å². The number of amides is 1. The number of rotatable bonds is 4. The van der Waals surface area contributed by atoms with Crippen molar-refractivity contribution in [1.29, 1.82) is 0 Å². The van der Waals surface area contributed by atoms with Crippen molar-refractivity contribution in [2.24, 2.45) is 13.0 Å². The topological polar surface area (TPSA) is 104 Å². The van der Waals surface area contributed by atoms with Gasteiger partial charge in [-0.05, 0) is 49.8 Å². The molecule has 7 heteroatoms. The van der Waals surface area contributed by atoms with Crippen LogP contribution < -0.4 is 11.0 Å². The molecule has 0 spiro atoms. The van der Waals surface area contributed by atoms with Gasteiger partial charge >= 0.3 is 11.7 Å². The maximum Gasteiger partial charge on any atom is 0.329 e. The van der Waals surface area contributed by atoms with Crippen LogP contribution in [-0.2, 0) is 11.8 Å². The monoisotopic (exact) mass is 345 g/mol. The summed E-state index contributed by atoms with van der Waals surface area (Å²) in [5, 5.41) is 12.4. The van der Waals surface area contributed by atoms with E-state index < -0.39 is 17.4 Å². The molecule has 25 heavy (non-hydrogen) atoms. The van der Waals surface area contributed by atoms with Gasteiger partial charge in [0.1, 0.15) is 5.54 Å². The van der Waals surface area contributed by atoms with E-state index in [-0.39, 0.29) is 5.69 Å². The summed E-state index contributed by atoms with van der Waals surface area (Å²) in [6, 6.07) is 4.86. The zero-order valence-corrected chi connectivity index (χ0v) is 14.5. The van der Waals surface area contributed by atoms with Crippen molar-refractivity contribution in [3.05, 3.63) is 34.2 Å². The number of aromatic nitrogens is 2. The SMILES string of the molecule is CCC1CCC(NC(=O)c2ccc3[nH]c(=O)n(C)c3c2)(C(=O)O)CC1. The molecular weight excluding hydrogens is 322 g/mol. The first-order valence-electron chi connectivity index (χ1n) is 8.61. The molecule has 1 aliphatic rings. The highest BCUT2D eigenvalue weighted by atomic mass is 16.4. The third kappa shape index (κ3) is 3.06. The van der Waals surface area contributed by atoms with Crippen molar-refractivity contribution in [1.82, 2.24) is 14.9 Å². The summed E-state index contributed by atoms with van der Waals surface area (Å²) in [5.41, 5.74) is 0.131. The number of carbonyl (C=O) groups is 2. The second-order valence-electron chi connectivity index (χ2n) is 6.91. The molecule has 2 aromatic rings. The van der Waals surface area contributed by atoms with Gasteiger partial charge in [-0.3, -0.25) is 9.36 Å². The van der Waals surface area contributed by atoms with E-state index >= 15 is 0 Å². The Morgan fingerprint density at radius 1 is 1.36 bits per heavy atom. The number of carboxylic acid groups (broad SMARTS) is 1. The fourth-order valence-corrected chi connectivity index (χ4v) is 3.63. The molecule has 1 saturated carbocycles. The van der Waals surface area contributed by atoms with Crippen molar-refractivity contribution >= 4 is 22.9 Å². The molecule has 0 saturated heterocycles. The maximum atomic E-state index is 12.7. The number of H-pyrrole nitrogens is 1. The number of fused-ring (bicyclic) bond motifs is 1. The van der Waals surface area contributed by atoms with Crippen LogP contribution in [0, 0.1) is 5.92 Å². The fraction of sp³-hybridized carbons (Fsp3) is 0.500. The molecule has 1 heterocycles. The summed E-state index contributed by atoms with van der Waals surface area (Å²) in [5.74, 6) is -0.881. The molecule has 1 fully saturated rings. The Labute approximate surface area is 145 Å². The largest absolute Gasteiger partial charge is 0.480 e. The fourth-order valence-electron chi connectivity index (χ4n) is 3.63. The first-order valence-corrected chi connectivity index (χ1v) is 8.61. The van der Waals surface area contributed by atoms with Crippen molar-refractivity contribution in [2.45, 2.75) is 44.6 Å². The van der Waals surface area contributed by atoms with Crippen LogP contribution >= 0.6 is 0 Å². The van der Waals surface area contributed by atoms with E-state index in [9.17, 15) is 19.5 Å². The molecule has 3 N–H and O–H groups in total. The Hall–Kier alpha value is -2.57. The Morgan fingerprint density at radius 2 is 2.04 bits per heavy atom. The van der Waals surface area contributed by atoms with Gasteiger partial charge in [0, 0.05) is 12.6 Å². The second-order valence-corrected chi connectivity index (χ2v) is 6.91. The van der Waals surface area contributed by atoms with E-state index in [0.29, 0.717) is 35.4 Å². The third-order valence-electron chi connectivity index (χ3n) is 5.47. The number of carbonyl (C=O) groups excluding carboxylic acids is 1. The normalized spacial score (nSPS) is 23.5. The van der Waals surface area contributed by atoms with Crippen LogP contribution in [-0.4, -0.2) is 32.1 Å². The number of hydrogen-bond donors (Lipinski definition) is 3. The molecule has 0 atom stereocenters.